The van der Waals surface area contributed by atoms with Crippen LogP contribution in [0.4, 0.5) is 27.8 Å². The molecule has 13 heteroatoms. The molecule has 3 atom stereocenters. The second-order valence-electron chi connectivity index (χ2n) is 14.3. The lowest BCUT2D eigenvalue weighted by Crippen LogP contribution is -2.58. The number of alkyl halides is 3. The van der Waals surface area contributed by atoms with E-state index >= 15 is 4.39 Å². The van der Waals surface area contributed by atoms with Crippen molar-refractivity contribution in [2.45, 2.75) is 63.7 Å². The van der Waals surface area contributed by atoms with Crippen molar-refractivity contribution in [1.82, 2.24) is 25.2 Å². The number of fused-ring (bicyclic) bond motifs is 3. The highest BCUT2D eigenvalue weighted by atomic mass is 19.4. The second kappa shape index (κ2) is 12.2. The zero-order valence-electron chi connectivity index (χ0n) is 27.6. The fourth-order valence-corrected chi connectivity index (χ4v) is 8.26. The molecule has 2 aromatic heterocycles. The number of terminal acetylenes is 1. The van der Waals surface area contributed by atoms with E-state index in [-0.39, 0.29) is 76.6 Å². The van der Waals surface area contributed by atoms with Crippen molar-refractivity contribution in [3.8, 4) is 35.4 Å². The molecule has 3 aliphatic heterocycles. The van der Waals surface area contributed by atoms with Gasteiger partial charge in [0.15, 0.2) is 5.82 Å². The molecule has 8 rings (SSSR count). The smallest absolute Gasteiger partial charge is 0.393 e. The summed E-state index contributed by atoms with van der Waals surface area (Å²) in [6, 6.07) is 5.62. The van der Waals surface area contributed by atoms with Gasteiger partial charge >= 0.3 is 12.2 Å². The highest BCUT2D eigenvalue weighted by Crippen LogP contribution is 2.48. The van der Waals surface area contributed by atoms with Crippen LogP contribution in [0.25, 0.3) is 32.9 Å². The Morgan fingerprint density at radius 2 is 1.92 bits per heavy atom. The molecule has 0 spiro atoms. The van der Waals surface area contributed by atoms with Gasteiger partial charge in [-0.1, -0.05) is 18.9 Å². The maximum absolute atomic E-state index is 17.1. The zero-order chi connectivity index (χ0) is 34.9. The van der Waals surface area contributed by atoms with Gasteiger partial charge in [0.05, 0.1) is 29.2 Å². The predicted octanol–water partition coefficient (Wildman–Crippen LogP) is 6.36. The minimum Gasteiger partial charge on any atom is -0.508 e. The van der Waals surface area contributed by atoms with Crippen molar-refractivity contribution >= 4 is 27.5 Å². The van der Waals surface area contributed by atoms with Gasteiger partial charge in [-0.3, -0.25) is 0 Å². The van der Waals surface area contributed by atoms with Crippen molar-refractivity contribution in [2.75, 3.05) is 44.2 Å². The van der Waals surface area contributed by atoms with Crippen LogP contribution in [0.3, 0.4) is 0 Å². The molecule has 0 amide bonds. The second-order valence-corrected chi connectivity index (χ2v) is 14.3. The van der Waals surface area contributed by atoms with E-state index in [0.717, 1.165) is 19.3 Å². The van der Waals surface area contributed by atoms with Gasteiger partial charge in [-0.25, -0.2) is 13.8 Å². The van der Waals surface area contributed by atoms with Gasteiger partial charge in [0.25, 0.3) is 0 Å². The zero-order valence-corrected chi connectivity index (χ0v) is 27.6. The number of hydrogen-bond donors (Lipinski definition) is 2. The van der Waals surface area contributed by atoms with Crippen LogP contribution in [0.2, 0.25) is 0 Å². The Kier molecular flexibility index (Phi) is 8.02. The van der Waals surface area contributed by atoms with Gasteiger partial charge in [-0.2, -0.15) is 23.1 Å². The van der Waals surface area contributed by atoms with Crippen LogP contribution in [0, 0.1) is 35.3 Å². The summed E-state index contributed by atoms with van der Waals surface area (Å²) in [4.78, 5) is 18.4. The number of aromatic nitrogens is 3. The number of halogens is 5. The summed E-state index contributed by atoms with van der Waals surface area (Å²) in [5.74, 6) is -0.0169. The van der Waals surface area contributed by atoms with E-state index in [1.165, 1.54) is 24.3 Å². The van der Waals surface area contributed by atoms with Crippen LogP contribution in [0.15, 0.2) is 24.3 Å². The van der Waals surface area contributed by atoms with Gasteiger partial charge in [0.2, 0.25) is 0 Å². The number of rotatable bonds is 7. The average Bonchev–Trinajstić information content (AvgIpc) is 3.73. The number of phenols is 1. The van der Waals surface area contributed by atoms with Gasteiger partial charge in [0, 0.05) is 54.6 Å². The average molecular weight is 693 g/mol. The molecular formula is C37H37F5N6O2. The molecule has 4 aromatic rings. The number of benzene rings is 2. The number of aromatic hydroxyl groups is 1. The molecule has 1 aliphatic carbocycles. The summed E-state index contributed by atoms with van der Waals surface area (Å²) < 4.78 is 78.4. The molecule has 3 fully saturated rings. The third-order valence-corrected chi connectivity index (χ3v) is 11.0. The van der Waals surface area contributed by atoms with Gasteiger partial charge in [-0.15, -0.1) is 6.42 Å². The number of nitrogens with zero attached hydrogens (tertiary/aromatic N) is 5. The van der Waals surface area contributed by atoms with Crippen molar-refractivity contribution in [1.29, 1.82) is 0 Å². The maximum atomic E-state index is 17.1. The van der Waals surface area contributed by atoms with E-state index in [0.29, 0.717) is 61.3 Å². The molecule has 8 nitrogen and oxygen atoms in total. The van der Waals surface area contributed by atoms with Crippen LogP contribution in [-0.4, -0.2) is 82.5 Å². The fourth-order valence-electron chi connectivity index (χ4n) is 8.26. The minimum absolute atomic E-state index is 0.00945. The monoisotopic (exact) mass is 692 g/mol. The van der Waals surface area contributed by atoms with Crippen LogP contribution >= 0.6 is 0 Å². The summed E-state index contributed by atoms with van der Waals surface area (Å²) in [5, 5.41) is 15.4. The Balaban J connectivity index is 1.23. The van der Waals surface area contributed by atoms with Gasteiger partial charge in [0.1, 0.15) is 28.6 Å². The molecular weight excluding hydrogens is 655 g/mol. The van der Waals surface area contributed by atoms with Crippen molar-refractivity contribution in [3.63, 3.8) is 0 Å². The topological polar surface area (TPSA) is 86.6 Å². The standard InChI is InChI=1S/C37H37F5N6O2/c1-3-23-25(38)6-5-20-15-22(49)16-24(29(20)23)32-31(39)33-30-27(44-32)7-8-28-26(4-2)43-12-14-48(28)34(30)46-35(45-33)50-19-36(10-11-36)18-47-13-9-21(17-47)37(40,41)42/h1,5-6,15-16,21,26,28,43,49H,4,7-14,17-19H2,2H3/t21-,26+,28-/m1/s1. The maximum Gasteiger partial charge on any atom is 0.393 e. The number of ether oxygens (including phenoxy) is 1. The van der Waals surface area contributed by atoms with Gasteiger partial charge < -0.3 is 25.0 Å². The van der Waals surface area contributed by atoms with E-state index in [1.54, 1.807) is 0 Å². The number of piperazine rings is 1. The Labute approximate surface area is 286 Å². The number of nitrogens with one attached hydrogen (secondary N) is 1. The lowest BCUT2D eigenvalue weighted by Gasteiger charge is -2.42. The largest absolute Gasteiger partial charge is 0.508 e. The summed E-state index contributed by atoms with van der Waals surface area (Å²) in [6.07, 6.45) is 5.26. The molecule has 0 bridgehead atoms. The molecule has 2 saturated heterocycles. The first kappa shape index (κ1) is 32.9. The molecule has 0 radical (unpaired) electrons. The first-order valence-electron chi connectivity index (χ1n) is 17.2. The number of hydrogen-bond acceptors (Lipinski definition) is 8. The number of aryl methyl sites for hydroxylation is 1. The number of pyridine rings is 1. The number of anilines is 1. The molecule has 2 N–H and O–H groups in total. The van der Waals surface area contributed by atoms with Gasteiger partial charge in [-0.05, 0) is 68.7 Å². The third kappa shape index (κ3) is 5.66. The Bertz CT molecular complexity index is 2040. The molecule has 0 unspecified atom stereocenters. The SMILES string of the molecule is C#Cc1c(F)ccc2cc(O)cc(-c3nc4c5c(nc(OCC6(CN7CC[C@@H](C(F)(F)F)C7)CC6)nc5c3F)N3CCN[C@@H](CC)[C@H]3CC4)c12. The number of phenolic OH excluding ortho intramolecular Hbond substituents is 1. The van der Waals surface area contributed by atoms with E-state index < -0.39 is 23.7 Å². The lowest BCUT2D eigenvalue weighted by molar-refractivity contribution is -0.170. The van der Waals surface area contributed by atoms with E-state index in [9.17, 15) is 22.7 Å². The van der Waals surface area contributed by atoms with Crippen molar-refractivity contribution in [2.24, 2.45) is 11.3 Å². The lowest BCUT2D eigenvalue weighted by atomic mass is 9.95. The molecule has 2 aromatic carbocycles. The molecule has 5 heterocycles. The summed E-state index contributed by atoms with van der Waals surface area (Å²) in [7, 11) is 0. The first-order valence-corrected chi connectivity index (χ1v) is 17.2. The van der Waals surface area contributed by atoms with E-state index in [4.69, 9.17) is 21.1 Å². The molecule has 262 valence electrons. The van der Waals surface area contributed by atoms with Crippen LogP contribution < -0.4 is 15.0 Å². The highest BCUT2D eigenvalue weighted by Gasteiger charge is 2.49. The minimum atomic E-state index is -4.21. The molecule has 4 aliphatic rings. The van der Waals surface area contributed by atoms with Crippen LogP contribution in [0.1, 0.15) is 50.3 Å². The fraction of sp³-hybridized carbons (Fsp3) is 0.486. The predicted molar refractivity (Wildman–Crippen MR) is 179 cm³/mol. The Morgan fingerprint density at radius 3 is 2.64 bits per heavy atom. The van der Waals surface area contributed by atoms with Crippen molar-refractivity contribution < 1.29 is 31.8 Å². The van der Waals surface area contributed by atoms with Crippen molar-refractivity contribution in [3.05, 3.63) is 47.2 Å². The Hall–Kier alpha value is -4.28. The summed E-state index contributed by atoms with van der Waals surface area (Å²) in [5.41, 5.74) is 0.180. The third-order valence-electron chi connectivity index (χ3n) is 11.0. The van der Waals surface area contributed by atoms with E-state index in [1.807, 2.05) is 4.90 Å². The van der Waals surface area contributed by atoms with Crippen LogP contribution in [-0.2, 0) is 6.42 Å². The number of likely N-dealkylation sites (tertiary alicyclic amines) is 1. The summed E-state index contributed by atoms with van der Waals surface area (Å²) >= 11 is 0. The quantitative estimate of drug-likeness (QED) is 0.171. The van der Waals surface area contributed by atoms with E-state index in [2.05, 4.69) is 28.0 Å². The highest BCUT2D eigenvalue weighted by molar-refractivity contribution is 6.03. The molecule has 1 saturated carbocycles. The summed E-state index contributed by atoms with van der Waals surface area (Å²) in [6.45, 7) is 4.45. The molecule has 50 heavy (non-hydrogen) atoms. The normalized spacial score (nSPS) is 23.1. The first-order chi connectivity index (χ1) is 24.0. The van der Waals surface area contributed by atoms with Crippen LogP contribution in [0.5, 0.6) is 11.8 Å². The Morgan fingerprint density at radius 1 is 1.10 bits per heavy atom.